The summed E-state index contributed by atoms with van der Waals surface area (Å²) in [5.41, 5.74) is 8.38. The predicted molar refractivity (Wildman–Crippen MR) is 106 cm³/mol. The molecule has 5 nitrogen and oxygen atoms in total. The molecule has 1 aliphatic rings. The molecule has 1 saturated heterocycles. The van der Waals surface area contributed by atoms with Gasteiger partial charge in [0.05, 0.1) is 5.82 Å². The Labute approximate surface area is 157 Å². The van der Waals surface area contributed by atoms with Crippen molar-refractivity contribution in [2.75, 3.05) is 32.8 Å². The second-order valence-electron chi connectivity index (χ2n) is 7.76. The summed E-state index contributed by atoms with van der Waals surface area (Å²) >= 11 is 0. The fourth-order valence-electron chi connectivity index (χ4n) is 3.33. The Morgan fingerprint density at radius 1 is 1.15 bits per heavy atom. The zero-order valence-corrected chi connectivity index (χ0v) is 16.6. The Kier molecular flexibility index (Phi) is 6.95. The highest BCUT2D eigenvalue weighted by Gasteiger charge is 2.21. The molecular formula is C21H33N3O2. The van der Waals surface area contributed by atoms with Gasteiger partial charge in [-0.25, -0.2) is 0 Å². The third kappa shape index (κ3) is 5.41. The number of benzene rings is 1. The number of hydrogen-bond acceptors (Lipinski definition) is 4. The molecule has 0 aromatic heterocycles. The van der Waals surface area contributed by atoms with Crippen LogP contribution in [0.5, 0.6) is 5.75 Å². The van der Waals surface area contributed by atoms with Gasteiger partial charge in [-0.05, 0) is 41.5 Å². The molecule has 0 radical (unpaired) electrons. The van der Waals surface area contributed by atoms with Gasteiger partial charge in [0.1, 0.15) is 5.75 Å². The van der Waals surface area contributed by atoms with E-state index >= 15 is 0 Å². The van der Waals surface area contributed by atoms with E-state index in [1.54, 1.807) is 0 Å². The van der Waals surface area contributed by atoms with E-state index in [0.29, 0.717) is 30.7 Å². The molecule has 1 aliphatic heterocycles. The van der Waals surface area contributed by atoms with Gasteiger partial charge in [0.2, 0.25) is 0 Å². The van der Waals surface area contributed by atoms with E-state index < -0.39 is 0 Å². The van der Waals surface area contributed by atoms with Gasteiger partial charge in [-0.1, -0.05) is 40.3 Å². The fourth-order valence-corrected chi connectivity index (χ4v) is 3.33. The van der Waals surface area contributed by atoms with E-state index in [1.807, 2.05) is 15.9 Å². The second kappa shape index (κ2) is 8.97. The molecule has 2 rings (SSSR count). The Morgan fingerprint density at radius 3 is 2.31 bits per heavy atom. The molecule has 0 spiro atoms. The van der Waals surface area contributed by atoms with Gasteiger partial charge in [0.25, 0.3) is 5.91 Å². The minimum absolute atomic E-state index is 0.0191. The second-order valence-corrected chi connectivity index (χ2v) is 7.76. The summed E-state index contributed by atoms with van der Waals surface area (Å²) in [6.07, 6.45) is 1.02. The summed E-state index contributed by atoms with van der Waals surface area (Å²) in [5.74, 6) is 2.42. The van der Waals surface area contributed by atoms with Crippen molar-refractivity contribution in [2.24, 2.45) is 11.7 Å². The summed E-state index contributed by atoms with van der Waals surface area (Å²) in [6, 6.07) is 6.20. The van der Waals surface area contributed by atoms with Crippen molar-refractivity contribution >= 4 is 5.91 Å². The first-order chi connectivity index (χ1) is 12.3. The smallest absolute Gasteiger partial charge is 0.260 e. The normalized spacial score (nSPS) is 14.8. The first kappa shape index (κ1) is 20.1. The van der Waals surface area contributed by atoms with E-state index in [1.165, 1.54) is 11.1 Å². The predicted octanol–water partition coefficient (Wildman–Crippen LogP) is 2.96. The molecule has 0 aliphatic carbocycles. The van der Waals surface area contributed by atoms with Crippen LogP contribution >= 0.6 is 0 Å². The van der Waals surface area contributed by atoms with E-state index in [4.69, 9.17) is 10.5 Å². The van der Waals surface area contributed by atoms with Gasteiger partial charge in [0, 0.05) is 26.2 Å². The van der Waals surface area contributed by atoms with Crippen molar-refractivity contribution in [3.8, 4) is 5.75 Å². The average Bonchev–Trinajstić information content (AvgIpc) is 2.59. The average molecular weight is 360 g/mol. The molecule has 1 heterocycles. The summed E-state index contributed by atoms with van der Waals surface area (Å²) in [5, 5.41) is 0. The van der Waals surface area contributed by atoms with Crippen molar-refractivity contribution < 1.29 is 9.53 Å². The van der Waals surface area contributed by atoms with Crippen molar-refractivity contribution in [1.82, 2.24) is 9.80 Å². The number of nitrogens with two attached hydrogens (primary N) is 1. The highest BCUT2D eigenvalue weighted by Crippen LogP contribution is 2.26. The third-order valence-electron chi connectivity index (χ3n) is 4.77. The first-order valence-electron chi connectivity index (χ1n) is 9.50. The van der Waals surface area contributed by atoms with E-state index in [0.717, 1.165) is 25.3 Å². The number of carbonyl (C=O) groups excluding carboxylic acids is 1. The number of piperazine rings is 1. The van der Waals surface area contributed by atoms with Crippen LogP contribution in [0, 0.1) is 5.92 Å². The van der Waals surface area contributed by atoms with Crippen LogP contribution in [0.4, 0.5) is 0 Å². The number of carbonyl (C=O) groups is 1. The van der Waals surface area contributed by atoms with Crippen LogP contribution < -0.4 is 10.5 Å². The van der Waals surface area contributed by atoms with Crippen molar-refractivity contribution in [3.05, 3.63) is 41.7 Å². The van der Waals surface area contributed by atoms with Gasteiger partial charge in [-0.15, -0.1) is 0 Å². The molecule has 1 aromatic rings. The highest BCUT2D eigenvalue weighted by molar-refractivity contribution is 5.77. The summed E-state index contributed by atoms with van der Waals surface area (Å²) in [7, 11) is 0. The van der Waals surface area contributed by atoms with Crippen LogP contribution in [0.25, 0.3) is 0 Å². The molecule has 0 saturated carbocycles. The van der Waals surface area contributed by atoms with Crippen LogP contribution in [0.2, 0.25) is 0 Å². The molecule has 0 bridgehead atoms. The number of ether oxygens (including phenoxy) is 1. The Bertz CT molecular complexity index is 632. The lowest BCUT2D eigenvalue weighted by molar-refractivity contribution is -0.134. The number of nitrogens with zero attached hydrogens (tertiary/aromatic N) is 2. The van der Waals surface area contributed by atoms with Crippen LogP contribution in [-0.2, 0) is 11.2 Å². The van der Waals surface area contributed by atoms with Gasteiger partial charge in [-0.2, -0.15) is 0 Å². The molecule has 144 valence electrons. The standard InChI is InChI=1S/C21H33N3O2/c1-15(2)12-18-13-19(6-7-20(18)16(3)4)26-14-21(25)24-10-8-23(9-11-24)17(5)22/h6-7,13,15-16H,5,8-12,14,22H2,1-4H3. The first-order valence-corrected chi connectivity index (χ1v) is 9.50. The maximum Gasteiger partial charge on any atom is 0.260 e. The van der Waals surface area contributed by atoms with Crippen LogP contribution in [-0.4, -0.2) is 48.5 Å². The quantitative estimate of drug-likeness (QED) is 0.813. The Balaban J connectivity index is 1.94. The van der Waals surface area contributed by atoms with Gasteiger partial charge >= 0.3 is 0 Å². The molecule has 1 amide bonds. The van der Waals surface area contributed by atoms with Gasteiger partial charge in [-0.3, -0.25) is 4.79 Å². The molecule has 1 aromatic carbocycles. The lowest BCUT2D eigenvalue weighted by Gasteiger charge is -2.35. The molecule has 1 fully saturated rings. The summed E-state index contributed by atoms with van der Waals surface area (Å²) < 4.78 is 5.81. The van der Waals surface area contributed by atoms with Crippen molar-refractivity contribution in [1.29, 1.82) is 0 Å². The molecule has 2 N–H and O–H groups in total. The van der Waals surface area contributed by atoms with Crippen LogP contribution in [0.1, 0.15) is 44.7 Å². The SMILES string of the molecule is C=C(N)N1CCN(C(=O)COc2ccc(C(C)C)c(CC(C)C)c2)CC1. The molecule has 0 atom stereocenters. The van der Waals surface area contributed by atoms with Crippen LogP contribution in [0.15, 0.2) is 30.6 Å². The molecular weight excluding hydrogens is 326 g/mol. The van der Waals surface area contributed by atoms with E-state index in [-0.39, 0.29) is 12.5 Å². The number of amides is 1. The van der Waals surface area contributed by atoms with Gasteiger partial charge in [0.15, 0.2) is 6.61 Å². The highest BCUT2D eigenvalue weighted by atomic mass is 16.5. The largest absolute Gasteiger partial charge is 0.484 e. The maximum atomic E-state index is 12.4. The number of hydrogen-bond donors (Lipinski definition) is 1. The maximum absolute atomic E-state index is 12.4. The van der Waals surface area contributed by atoms with E-state index in [9.17, 15) is 4.79 Å². The number of rotatable bonds is 7. The topological polar surface area (TPSA) is 58.8 Å². The molecule has 26 heavy (non-hydrogen) atoms. The molecule has 0 unspecified atom stereocenters. The summed E-state index contributed by atoms with van der Waals surface area (Å²) in [4.78, 5) is 16.2. The van der Waals surface area contributed by atoms with Gasteiger partial charge < -0.3 is 20.3 Å². The Morgan fingerprint density at radius 2 is 1.77 bits per heavy atom. The van der Waals surface area contributed by atoms with Crippen LogP contribution in [0.3, 0.4) is 0 Å². The fraction of sp³-hybridized carbons (Fsp3) is 0.571. The summed E-state index contributed by atoms with van der Waals surface area (Å²) in [6.45, 7) is 15.4. The molecule has 5 heteroatoms. The lowest BCUT2D eigenvalue weighted by atomic mass is 9.92. The minimum Gasteiger partial charge on any atom is -0.484 e. The zero-order valence-electron chi connectivity index (χ0n) is 16.6. The van der Waals surface area contributed by atoms with E-state index in [2.05, 4.69) is 46.4 Å². The minimum atomic E-state index is 0.0191. The third-order valence-corrected chi connectivity index (χ3v) is 4.77. The monoisotopic (exact) mass is 359 g/mol. The van der Waals surface area contributed by atoms with Crippen molar-refractivity contribution in [2.45, 2.75) is 40.0 Å². The zero-order chi connectivity index (χ0) is 19.3. The van der Waals surface area contributed by atoms with Crippen molar-refractivity contribution in [3.63, 3.8) is 0 Å². The Hall–Kier alpha value is -2.17. The lowest BCUT2D eigenvalue weighted by Crippen LogP contribution is -2.50.